The van der Waals surface area contributed by atoms with Crippen molar-refractivity contribution in [2.24, 2.45) is 0 Å². The second-order valence-corrected chi connectivity index (χ2v) is 5.24. The Labute approximate surface area is 94.0 Å². The van der Waals surface area contributed by atoms with Crippen LogP contribution in [0.25, 0.3) is 4.72 Å². The summed E-state index contributed by atoms with van der Waals surface area (Å²) >= 11 is 0. The first-order valence-electron chi connectivity index (χ1n) is 5.06. The van der Waals surface area contributed by atoms with Gasteiger partial charge in [0, 0.05) is 0 Å². The number of piperazine rings is 1. The van der Waals surface area contributed by atoms with E-state index in [4.69, 9.17) is 4.52 Å². The van der Waals surface area contributed by atoms with E-state index in [1.54, 1.807) is 6.92 Å². The number of hydrogen-bond donors (Lipinski definition) is 1. The predicted molar refractivity (Wildman–Crippen MR) is 56.4 cm³/mol. The van der Waals surface area contributed by atoms with Crippen molar-refractivity contribution in [1.82, 2.24) is 9.46 Å². The lowest BCUT2D eigenvalue weighted by molar-refractivity contribution is -0.661. The Balaban J connectivity index is 2.07. The average molecular weight is 246 g/mol. The maximum absolute atomic E-state index is 11.8. The van der Waals surface area contributed by atoms with E-state index in [0.717, 1.165) is 13.1 Å². The van der Waals surface area contributed by atoms with Crippen LogP contribution in [-0.2, 0) is 10.2 Å². The minimum Gasteiger partial charge on any atom is -0.530 e. The molecule has 7 nitrogen and oxygen atoms in total. The zero-order valence-corrected chi connectivity index (χ0v) is 9.77. The minimum absolute atomic E-state index is 0.0343. The van der Waals surface area contributed by atoms with Gasteiger partial charge in [-0.2, -0.15) is 0 Å². The van der Waals surface area contributed by atoms with E-state index in [2.05, 4.69) is 15.2 Å². The van der Waals surface area contributed by atoms with Crippen LogP contribution in [0.2, 0.25) is 0 Å². The van der Waals surface area contributed by atoms with E-state index in [-0.39, 0.29) is 5.88 Å². The topological polar surface area (TPSA) is 94.1 Å². The highest BCUT2D eigenvalue weighted by Crippen LogP contribution is 2.24. The fourth-order valence-corrected chi connectivity index (χ4v) is 2.62. The SMILES string of the molecule is Cc1cc([N-]S(=O)(=O)N2CC[NH2+]CC2)on1. The largest absolute Gasteiger partial charge is 0.530 e. The van der Waals surface area contributed by atoms with Gasteiger partial charge in [0.05, 0.1) is 37.8 Å². The molecule has 1 fully saturated rings. The molecule has 16 heavy (non-hydrogen) atoms. The van der Waals surface area contributed by atoms with Gasteiger partial charge in [-0.05, 0) is 13.0 Å². The normalized spacial score (nSPS) is 18.6. The van der Waals surface area contributed by atoms with E-state index in [0.29, 0.717) is 18.8 Å². The third kappa shape index (κ3) is 2.52. The molecule has 90 valence electrons. The summed E-state index contributed by atoms with van der Waals surface area (Å²) in [6, 6.07) is 1.49. The number of aryl methyl sites for hydroxylation is 1. The molecule has 1 saturated heterocycles. The molecule has 1 aromatic heterocycles. The smallest absolute Gasteiger partial charge is 0.162 e. The van der Waals surface area contributed by atoms with Gasteiger partial charge >= 0.3 is 0 Å². The van der Waals surface area contributed by atoms with Gasteiger partial charge in [0.15, 0.2) is 10.2 Å². The molecule has 1 aliphatic rings. The summed E-state index contributed by atoms with van der Waals surface area (Å²) in [5.74, 6) is 0.0343. The van der Waals surface area contributed by atoms with Gasteiger partial charge in [-0.1, -0.05) is 5.16 Å². The van der Waals surface area contributed by atoms with Gasteiger partial charge in [0.2, 0.25) is 0 Å². The van der Waals surface area contributed by atoms with Crippen LogP contribution in [-0.4, -0.2) is 44.1 Å². The van der Waals surface area contributed by atoms with Crippen LogP contribution >= 0.6 is 0 Å². The molecule has 0 bridgehead atoms. The van der Waals surface area contributed by atoms with Crippen LogP contribution in [0, 0.1) is 6.92 Å². The summed E-state index contributed by atoms with van der Waals surface area (Å²) in [5, 5.41) is 5.66. The van der Waals surface area contributed by atoms with E-state index in [1.807, 2.05) is 0 Å². The number of aromatic nitrogens is 1. The molecular formula is C8H14N4O3S. The third-order valence-corrected chi connectivity index (χ3v) is 3.74. The molecule has 1 aliphatic heterocycles. The molecule has 0 atom stereocenters. The number of nitrogens with zero attached hydrogens (tertiary/aromatic N) is 3. The standard InChI is InChI=1S/C8H13N4O3S/c1-7-6-8(15-10-7)11-16(13,14)12-4-2-9-3-5-12/h6,9H,2-5H2,1H3/q-1/p+1. The first kappa shape index (κ1) is 11.4. The van der Waals surface area contributed by atoms with Crippen molar-refractivity contribution in [2.75, 3.05) is 26.2 Å². The van der Waals surface area contributed by atoms with Crippen LogP contribution in [0.5, 0.6) is 0 Å². The monoisotopic (exact) mass is 246 g/mol. The van der Waals surface area contributed by atoms with Crippen LogP contribution in [0.3, 0.4) is 0 Å². The van der Waals surface area contributed by atoms with Crippen molar-refractivity contribution in [3.05, 3.63) is 16.5 Å². The Kier molecular flexibility index (Phi) is 3.13. The highest BCUT2D eigenvalue weighted by molar-refractivity contribution is 7.92. The second-order valence-electron chi connectivity index (χ2n) is 3.64. The van der Waals surface area contributed by atoms with Gasteiger partial charge in [-0.25, -0.2) is 12.7 Å². The molecule has 2 heterocycles. The van der Waals surface area contributed by atoms with E-state index < -0.39 is 10.2 Å². The van der Waals surface area contributed by atoms with E-state index in [1.165, 1.54) is 10.4 Å². The van der Waals surface area contributed by atoms with E-state index >= 15 is 0 Å². The molecule has 0 aromatic carbocycles. The maximum Gasteiger partial charge on any atom is 0.162 e. The summed E-state index contributed by atoms with van der Waals surface area (Å²) in [6.07, 6.45) is 0. The lowest BCUT2D eigenvalue weighted by Crippen LogP contribution is -2.89. The van der Waals surface area contributed by atoms with Crippen molar-refractivity contribution in [2.45, 2.75) is 6.92 Å². The minimum atomic E-state index is -3.62. The lowest BCUT2D eigenvalue weighted by Gasteiger charge is -2.30. The van der Waals surface area contributed by atoms with Gasteiger partial charge in [0.1, 0.15) is 0 Å². The third-order valence-electron chi connectivity index (χ3n) is 2.31. The Hall–Kier alpha value is -1.12. The number of quaternary nitrogens is 1. The van der Waals surface area contributed by atoms with Crippen molar-refractivity contribution in [3.8, 4) is 0 Å². The average Bonchev–Trinajstić information content (AvgIpc) is 2.64. The summed E-state index contributed by atoms with van der Waals surface area (Å²) in [7, 11) is -3.62. The molecular weight excluding hydrogens is 232 g/mol. The molecule has 0 aliphatic carbocycles. The fourth-order valence-electron chi connectivity index (χ4n) is 1.52. The quantitative estimate of drug-likeness (QED) is 0.748. The summed E-state index contributed by atoms with van der Waals surface area (Å²) in [6.45, 7) is 4.22. The molecule has 0 radical (unpaired) electrons. The Morgan fingerprint density at radius 2 is 2.19 bits per heavy atom. The highest BCUT2D eigenvalue weighted by Gasteiger charge is 2.19. The summed E-state index contributed by atoms with van der Waals surface area (Å²) in [4.78, 5) is 0. The zero-order chi connectivity index (χ0) is 11.6. The van der Waals surface area contributed by atoms with Crippen LogP contribution in [0.4, 0.5) is 5.88 Å². The van der Waals surface area contributed by atoms with Gasteiger partial charge in [-0.3, -0.25) is 0 Å². The molecule has 1 aromatic rings. The Morgan fingerprint density at radius 1 is 1.50 bits per heavy atom. The van der Waals surface area contributed by atoms with Crippen molar-refractivity contribution < 1.29 is 18.3 Å². The highest BCUT2D eigenvalue weighted by atomic mass is 32.2. The van der Waals surface area contributed by atoms with Crippen molar-refractivity contribution in [3.63, 3.8) is 0 Å². The van der Waals surface area contributed by atoms with Crippen LogP contribution < -0.4 is 5.32 Å². The predicted octanol–water partition coefficient (Wildman–Crippen LogP) is -0.888. The molecule has 2 rings (SSSR count). The fraction of sp³-hybridized carbons (Fsp3) is 0.625. The van der Waals surface area contributed by atoms with Crippen molar-refractivity contribution in [1.29, 1.82) is 0 Å². The second kappa shape index (κ2) is 4.40. The Morgan fingerprint density at radius 3 is 2.75 bits per heavy atom. The number of rotatable bonds is 3. The zero-order valence-electron chi connectivity index (χ0n) is 8.96. The molecule has 0 saturated carbocycles. The molecule has 0 spiro atoms. The molecule has 8 heteroatoms. The first-order chi connectivity index (χ1) is 7.58. The van der Waals surface area contributed by atoms with E-state index in [9.17, 15) is 8.42 Å². The lowest BCUT2D eigenvalue weighted by atomic mass is 10.4. The van der Waals surface area contributed by atoms with Crippen LogP contribution in [0.15, 0.2) is 10.6 Å². The van der Waals surface area contributed by atoms with Gasteiger partial charge in [0.25, 0.3) is 0 Å². The Bertz CT molecular complexity index is 450. The number of nitrogens with two attached hydrogens (primary N) is 1. The summed E-state index contributed by atoms with van der Waals surface area (Å²) < 4.78 is 33.3. The molecule has 0 unspecified atom stereocenters. The first-order valence-corrected chi connectivity index (χ1v) is 6.46. The molecule has 0 amide bonds. The van der Waals surface area contributed by atoms with Gasteiger partial charge in [-0.15, -0.1) is 0 Å². The van der Waals surface area contributed by atoms with Crippen molar-refractivity contribution >= 4 is 16.1 Å². The number of hydrogen-bond acceptors (Lipinski definition) is 4. The van der Waals surface area contributed by atoms with Crippen LogP contribution in [0.1, 0.15) is 5.69 Å². The maximum atomic E-state index is 11.8. The molecule has 2 N–H and O–H groups in total. The summed E-state index contributed by atoms with van der Waals surface area (Å²) in [5.41, 5.74) is 0.612. The van der Waals surface area contributed by atoms with Gasteiger partial charge < -0.3 is 14.6 Å².